The summed E-state index contributed by atoms with van der Waals surface area (Å²) in [7, 11) is 0. The van der Waals surface area contributed by atoms with Gasteiger partial charge in [-0.05, 0) is 41.1 Å². The van der Waals surface area contributed by atoms with Crippen LogP contribution in [0, 0.1) is 0 Å². The van der Waals surface area contributed by atoms with E-state index in [0.29, 0.717) is 12.6 Å². The molecule has 3 nitrogen and oxygen atoms in total. The maximum Gasteiger partial charge on any atom is 0.161 e. The Morgan fingerprint density at radius 3 is 2.95 bits per heavy atom. The van der Waals surface area contributed by atoms with Gasteiger partial charge < -0.3 is 14.8 Å². The van der Waals surface area contributed by atoms with Gasteiger partial charge in [0.2, 0.25) is 0 Å². The molecule has 1 N–H and O–H groups in total. The van der Waals surface area contributed by atoms with Crippen LogP contribution in [0.15, 0.2) is 40.2 Å². The molecule has 0 saturated carbocycles. The average molecular weight is 354 g/mol. The number of halogens is 1. The molecule has 1 aliphatic heterocycles. The molecule has 0 aliphatic carbocycles. The quantitative estimate of drug-likeness (QED) is 0.900. The van der Waals surface area contributed by atoms with E-state index in [1.807, 2.05) is 24.3 Å². The predicted octanol–water partition coefficient (Wildman–Crippen LogP) is 4.00. The molecule has 2 aromatic rings. The number of thiophene rings is 1. The van der Waals surface area contributed by atoms with E-state index in [2.05, 4.69) is 39.6 Å². The van der Waals surface area contributed by atoms with Gasteiger partial charge in [-0.3, -0.25) is 0 Å². The summed E-state index contributed by atoms with van der Waals surface area (Å²) in [6.45, 7) is 3.52. The summed E-state index contributed by atoms with van der Waals surface area (Å²) in [6, 6.07) is 10.3. The number of nitrogens with one attached hydrogen (secondary N) is 1. The van der Waals surface area contributed by atoms with Crippen molar-refractivity contribution in [2.24, 2.45) is 0 Å². The lowest BCUT2D eigenvalue weighted by Crippen LogP contribution is -2.39. The third-order valence-corrected chi connectivity index (χ3v) is 5.11. The highest BCUT2D eigenvalue weighted by molar-refractivity contribution is 9.10. The molecule has 1 aliphatic rings. The molecule has 2 heterocycles. The van der Waals surface area contributed by atoms with Crippen LogP contribution in [0.1, 0.15) is 17.8 Å². The van der Waals surface area contributed by atoms with Crippen LogP contribution in [0.4, 0.5) is 0 Å². The largest absolute Gasteiger partial charge is 0.486 e. The molecule has 2 atom stereocenters. The third kappa shape index (κ3) is 3.16. The summed E-state index contributed by atoms with van der Waals surface area (Å²) in [5.74, 6) is 1.66. The van der Waals surface area contributed by atoms with Crippen molar-refractivity contribution in [3.8, 4) is 11.5 Å². The van der Waals surface area contributed by atoms with Gasteiger partial charge in [0.1, 0.15) is 12.7 Å². The summed E-state index contributed by atoms with van der Waals surface area (Å²) >= 11 is 5.24. The molecule has 0 bridgehead atoms. The van der Waals surface area contributed by atoms with E-state index in [1.165, 1.54) is 4.88 Å². The van der Waals surface area contributed by atoms with Gasteiger partial charge in [-0.1, -0.05) is 12.1 Å². The first-order valence-corrected chi connectivity index (χ1v) is 8.25. The molecule has 20 heavy (non-hydrogen) atoms. The van der Waals surface area contributed by atoms with Gasteiger partial charge in [-0.25, -0.2) is 0 Å². The topological polar surface area (TPSA) is 30.5 Å². The number of fused-ring (bicyclic) bond motifs is 1. The molecular formula is C15H16BrNO2S. The molecule has 106 valence electrons. The Balaban J connectivity index is 1.55. The van der Waals surface area contributed by atoms with E-state index in [4.69, 9.17) is 9.47 Å². The lowest BCUT2D eigenvalue weighted by Gasteiger charge is -2.27. The highest BCUT2D eigenvalue weighted by Gasteiger charge is 2.21. The average Bonchev–Trinajstić information content (AvgIpc) is 2.91. The van der Waals surface area contributed by atoms with Crippen molar-refractivity contribution in [3.63, 3.8) is 0 Å². The SMILES string of the molecule is CC(NCC1COc2ccccc2O1)c1cc(Br)cs1. The summed E-state index contributed by atoms with van der Waals surface area (Å²) in [5.41, 5.74) is 0. The zero-order valence-electron chi connectivity index (χ0n) is 11.1. The summed E-state index contributed by atoms with van der Waals surface area (Å²) in [6.07, 6.45) is 0.0516. The standard InChI is InChI=1S/C15H16BrNO2S/c1-10(15-6-11(16)9-20-15)17-7-12-8-18-13-4-2-3-5-14(13)19-12/h2-6,9-10,12,17H,7-8H2,1H3. The van der Waals surface area contributed by atoms with Gasteiger partial charge in [0, 0.05) is 27.3 Å². The molecule has 0 spiro atoms. The van der Waals surface area contributed by atoms with Crippen molar-refractivity contribution < 1.29 is 9.47 Å². The molecule has 1 aromatic heterocycles. The van der Waals surface area contributed by atoms with Crippen molar-refractivity contribution in [2.75, 3.05) is 13.2 Å². The minimum atomic E-state index is 0.0516. The van der Waals surface area contributed by atoms with E-state index in [0.717, 1.165) is 22.5 Å². The highest BCUT2D eigenvalue weighted by atomic mass is 79.9. The molecule has 2 unspecified atom stereocenters. The van der Waals surface area contributed by atoms with Crippen LogP contribution in [-0.2, 0) is 0 Å². The van der Waals surface area contributed by atoms with E-state index >= 15 is 0 Å². The first-order valence-electron chi connectivity index (χ1n) is 6.58. The van der Waals surface area contributed by atoms with Crippen LogP contribution in [0.25, 0.3) is 0 Å². The van der Waals surface area contributed by atoms with Crippen LogP contribution in [0.2, 0.25) is 0 Å². The lowest BCUT2D eigenvalue weighted by atomic mass is 10.2. The van der Waals surface area contributed by atoms with Crippen molar-refractivity contribution in [3.05, 3.63) is 45.1 Å². The van der Waals surface area contributed by atoms with Crippen LogP contribution < -0.4 is 14.8 Å². The molecule has 3 rings (SSSR count). The fraction of sp³-hybridized carbons (Fsp3) is 0.333. The van der Waals surface area contributed by atoms with Crippen LogP contribution in [-0.4, -0.2) is 19.3 Å². The van der Waals surface area contributed by atoms with Crippen molar-refractivity contribution in [1.29, 1.82) is 0 Å². The van der Waals surface area contributed by atoms with Gasteiger partial charge in [-0.2, -0.15) is 0 Å². The lowest BCUT2D eigenvalue weighted by molar-refractivity contribution is 0.0887. The smallest absolute Gasteiger partial charge is 0.161 e. The molecule has 1 aromatic carbocycles. The summed E-state index contributed by atoms with van der Waals surface area (Å²) in [5, 5.41) is 5.60. The highest BCUT2D eigenvalue weighted by Crippen LogP contribution is 2.31. The number of para-hydroxylation sites is 2. The van der Waals surface area contributed by atoms with E-state index in [9.17, 15) is 0 Å². The number of ether oxygens (including phenoxy) is 2. The van der Waals surface area contributed by atoms with Gasteiger partial charge in [-0.15, -0.1) is 11.3 Å². The normalized spacial score (nSPS) is 18.8. The van der Waals surface area contributed by atoms with Crippen LogP contribution in [0.5, 0.6) is 11.5 Å². The number of hydrogen-bond donors (Lipinski definition) is 1. The Bertz CT molecular complexity index is 587. The molecular weight excluding hydrogens is 338 g/mol. The first kappa shape index (κ1) is 13.9. The molecule has 0 fully saturated rings. The van der Waals surface area contributed by atoms with Gasteiger partial charge in [0.05, 0.1) is 0 Å². The monoisotopic (exact) mass is 353 g/mol. The van der Waals surface area contributed by atoms with E-state index in [-0.39, 0.29) is 6.10 Å². The predicted molar refractivity (Wildman–Crippen MR) is 84.8 cm³/mol. The Morgan fingerprint density at radius 1 is 1.40 bits per heavy atom. The molecule has 0 saturated heterocycles. The number of hydrogen-bond acceptors (Lipinski definition) is 4. The van der Waals surface area contributed by atoms with Gasteiger partial charge >= 0.3 is 0 Å². The van der Waals surface area contributed by atoms with Crippen LogP contribution >= 0.6 is 27.3 Å². The Morgan fingerprint density at radius 2 is 2.20 bits per heavy atom. The maximum atomic E-state index is 5.93. The van der Waals surface area contributed by atoms with Crippen LogP contribution in [0.3, 0.4) is 0 Å². The molecule has 5 heteroatoms. The second-order valence-electron chi connectivity index (χ2n) is 4.79. The Labute approximate surface area is 131 Å². The Kier molecular flexibility index (Phi) is 4.29. The number of rotatable bonds is 4. The number of benzene rings is 1. The zero-order chi connectivity index (χ0) is 13.9. The zero-order valence-corrected chi connectivity index (χ0v) is 13.5. The van der Waals surface area contributed by atoms with E-state index in [1.54, 1.807) is 11.3 Å². The second kappa shape index (κ2) is 6.16. The van der Waals surface area contributed by atoms with Gasteiger partial charge in [0.15, 0.2) is 11.5 Å². The molecule has 0 radical (unpaired) electrons. The third-order valence-electron chi connectivity index (χ3n) is 3.23. The fourth-order valence-corrected chi connectivity index (χ4v) is 3.61. The second-order valence-corrected chi connectivity index (χ2v) is 6.65. The summed E-state index contributed by atoms with van der Waals surface area (Å²) in [4.78, 5) is 1.31. The van der Waals surface area contributed by atoms with E-state index < -0.39 is 0 Å². The first-order chi connectivity index (χ1) is 9.72. The summed E-state index contributed by atoms with van der Waals surface area (Å²) < 4.78 is 12.8. The minimum Gasteiger partial charge on any atom is -0.486 e. The fourth-order valence-electron chi connectivity index (χ4n) is 2.13. The maximum absolute atomic E-state index is 5.93. The van der Waals surface area contributed by atoms with Gasteiger partial charge in [0.25, 0.3) is 0 Å². The van der Waals surface area contributed by atoms with Crippen molar-refractivity contribution >= 4 is 27.3 Å². The minimum absolute atomic E-state index is 0.0516. The Hall–Kier alpha value is -1.04. The molecule has 0 amide bonds. The van der Waals surface area contributed by atoms with Crippen molar-refractivity contribution in [2.45, 2.75) is 19.1 Å². The van der Waals surface area contributed by atoms with Crippen molar-refractivity contribution in [1.82, 2.24) is 5.32 Å².